The van der Waals surface area contributed by atoms with E-state index in [0.29, 0.717) is 12.6 Å². The number of ether oxygens (including phenoxy) is 2. The molecule has 0 aromatic heterocycles. The Labute approximate surface area is 127 Å². The summed E-state index contributed by atoms with van der Waals surface area (Å²) in [6, 6.07) is 8.44. The Bertz CT molecular complexity index is 469. The second kappa shape index (κ2) is 7.59. The lowest BCUT2D eigenvalue weighted by Crippen LogP contribution is -2.49. The smallest absolute Gasteiger partial charge is 0.118 e. The fraction of sp³-hybridized carbons (Fsp3) is 0.529. The third-order valence-electron chi connectivity index (χ3n) is 3.82. The molecule has 1 aromatic rings. The largest absolute Gasteiger partial charge is 0.497 e. The lowest BCUT2D eigenvalue weighted by molar-refractivity contribution is -0.0748. The van der Waals surface area contributed by atoms with Crippen LogP contribution in [-0.4, -0.2) is 55.6 Å². The summed E-state index contributed by atoms with van der Waals surface area (Å²) in [4.78, 5) is 2.36. The van der Waals surface area contributed by atoms with Crippen molar-refractivity contribution < 1.29 is 14.6 Å². The number of aliphatic hydroxyl groups excluding tert-OH is 1. The number of rotatable bonds is 5. The van der Waals surface area contributed by atoms with E-state index in [1.165, 1.54) is 11.1 Å². The third-order valence-corrected chi connectivity index (χ3v) is 3.82. The van der Waals surface area contributed by atoms with Crippen LogP contribution < -0.4 is 4.74 Å². The first kappa shape index (κ1) is 16.0. The van der Waals surface area contributed by atoms with Gasteiger partial charge in [-0.25, -0.2) is 0 Å². The average Bonchev–Trinajstić information content (AvgIpc) is 2.50. The molecule has 2 atom stereocenters. The lowest BCUT2D eigenvalue weighted by Gasteiger charge is -2.37. The van der Waals surface area contributed by atoms with E-state index in [-0.39, 0.29) is 12.7 Å². The maximum absolute atomic E-state index is 9.24. The molecule has 0 spiro atoms. The van der Waals surface area contributed by atoms with Crippen LogP contribution in [0.1, 0.15) is 19.4 Å². The predicted octanol–water partition coefficient (Wildman–Crippen LogP) is 2.18. The van der Waals surface area contributed by atoms with Crippen LogP contribution in [0.3, 0.4) is 0 Å². The van der Waals surface area contributed by atoms with Crippen molar-refractivity contribution in [3.63, 3.8) is 0 Å². The van der Waals surface area contributed by atoms with E-state index in [4.69, 9.17) is 9.47 Å². The van der Waals surface area contributed by atoms with Gasteiger partial charge in [0, 0.05) is 19.1 Å². The molecule has 21 heavy (non-hydrogen) atoms. The molecule has 4 nitrogen and oxygen atoms in total. The highest BCUT2D eigenvalue weighted by molar-refractivity contribution is 5.53. The zero-order valence-electron chi connectivity index (χ0n) is 13.1. The number of hydrogen-bond acceptors (Lipinski definition) is 4. The van der Waals surface area contributed by atoms with Crippen LogP contribution in [0.15, 0.2) is 29.8 Å². The first-order chi connectivity index (χ1) is 10.1. The maximum Gasteiger partial charge on any atom is 0.118 e. The molecular formula is C17H25NO3. The highest BCUT2D eigenvalue weighted by Gasteiger charge is 2.25. The van der Waals surface area contributed by atoms with Crippen molar-refractivity contribution in [3.05, 3.63) is 35.4 Å². The van der Waals surface area contributed by atoms with Crippen LogP contribution >= 0.6 is 0 Å². The van der Waals surface area contributed by atoms with Gasteiger partial charge in [-0.2, -0.15) is 0 Å². The lowest BCUT2D eigenvalue weighted by atomic mass is 10.1. The first-order valence-electron chi connectivity index (χ1n) is 7.40. The Hall–Kier alpha value is -1.36. The van der Waals surface area contributed by atoms with Crippen LogP contribution in [0.4, 0.5) is 0 Å². The minimum Gasteiger partial charge on any atom is -0.497 e. The summed E-state index contributed by atoms with van der Waals surface area (Å²) in [5, 5.41) is 9.24. The van der Waals surface area contributed by atoms with E-state index in [9.17, 15) is 5.11 Å². The van der Waals surface area contributed by atoms with Gasteiger partial charge in [-0.3, -0.25) is 4.90 Å². The number of hydrogen-bond donors (Lipinski definition) is 1. The van der Waals surface area contributed by atoms with Gasteiger partial charge in [0.15, 0.2) is 0 Å². The standard InChI is InChI=1S/C17H25NO3/c1-13(8-15-4-6-16(20-3)7-5-15)9-18-10-17(11-19)21-12-14(18)2/h4-8,14,17,19H,9-12H2,1-3H3/b13-8-. The molecule has 1 aliphatic rings. The van der Waals surface area contributed by atoms with E-state index >= 15 is 0 Å². The monoisotopic (exact) mass is 291 g/mol. The van der Waals surface area contributed by atoms with E-state index in [0.717, 1.165) is 18.8 Å². The van der Waals surface area contributed by atoms with Crippen LogP contribution in [0.25, 0.3) is 6.08 Å². The van der Waals surface area contributed by atoms with E-state index in [1.807, 2.05) is 12.1 Å². The van der Waals surface area contributed by atoms with Gasteiger partial charge in [0.05, 0.1) is 26.4 Å². The molecule has 0 bridgehead atoms. The van der Waals surface area contributed by atoms with Crippen molar-refractivity contribution in [3.8, 4) is 5.75 Å². The summed E-state index contributed by atoms with van der Waals surface area (Å²) in [6.45, 7) is 6.75. The molecule has 0 radical (unpaired) electrons. The number of morpholine rings is 1. The molecule has 1 aromatic carbocycles. The van der Waals surface area contributed by atoms with Crippen molar-refractivity contribution >= 4 is 6.08 Å². The second-order valence-corrected chi connectivity index (χ2v) is 5.68. The van der Waals surface area contributed by atoms with Crippen molar-refractivity contribution in [2.24, 2.45) is 0 Å². The van der Waals surface area contributed by atoms with E-state index < -0.39 is 0 Å². The minimum atomic E-state index is -0.0602. The summed E-state index contributed by atoms with van der Waals surface area (Å²) in [7, 11) is 1.67. The fourth-order valence-electron chi connectivity index (χ4n) is 2.56. The van der Waals surface area contributed by atoms with Crippen molar-refractivity contribution in [1.29, 1.82) is 0 Å². The van der Waals surface area contributed by atoms with Crippen LogP contribution in [0, 0.1) is 0 Å². The fourth-order valence-corrected chi connectivity index (χ4v) is 2.56. The van der Waals surface area contributed by atoms with Gasteiger partial charge in [0.25, 0.3) is 0 Å². The third kappa shape index (κ3) is 4.56. The molecule has 0 saturated carbocycles. The average molecular weight is 291 g/mol. The van der Waals surface area contributed by atoms with Gasteiger partial charge in [0.2, 0.25) is 0 Å². The highest BCUT2D eigenvalue weighted by atomic mass is 16.5. The predicted molar refractivity (Wildman–Crippen MR) is 84.5 cm³/mol. The normalized spacial score (nSPS) is 24.1. The summed E-state index contributed by atoms with van der Waals surface area (Å²) in [5.74, 6) is 0.873. The molecule has 1 fully saturated rings. The molecule has 2 unspecified atom stereocenters. The molecule has 4 heteroatoms. The summed E-state index contributed by atoms with van der Waals surface area (Å²) < 4.78 is 10.7. The van der Waals surface area contributed by atoms with Crippen molar-refractivity contribution in [2.45, 2.75) is 26.0 Å². The molecule has 2 rings (SSSR count). The SMILES string of the molecule is COc1ccc(/C=C(/C)CN2CC(CO)OCC2C)cc1. The molecule has 0 aliphatic carbocycles. The van der Waals surface area contributed by atoms with Crippen LogP contribution in [-0.2, 0) is 4.74 Å². The highest BCUT2D eigenvalue weighted by Crippen LogP contribution is 2.17. The van der Waals surface area contributed by atoms with Gasteiger partial charge in [-0.05, 0) is 31.5 Å². The van der Waals surface area contributed by atoms with Gasteiger partial charge in [-0.1, -0.05) is 23.8 Å². The maximum atomic E-state index is 9.24. The molecule has 0 amide bonds. The number of nitrogens with zero attached hydrogens (tertiary/aromatic N) is 1. The molecule has 1 saturated heterocycles. The molecule has 1 N–H and O–H groups in total. The second-order valence-electron chi connectivity index (χ2n) is 5.68. The van der Waals surface area contributed by atoms with Gasteiger partial charge >= 0.3 is 0 Å². The Morgan fingerprint density at radius 1 is 1.43 bits per heavy atom. The van der Waals surface area contributed by atoms with Crippen molar-refractivity contribution in [2.75, 3.05) is 33.4 Å². The number of benzene rings is 1. The summed E-state index contributed by atoms with van der Waals surface area (Å²) in [5.41, 5.74) is 2.47. The van der Waals surface area contributed by atoms with Gasteiger partial charge in [0.1, 0.15) is 5.75 Å². The topological polar surface area (TPSA) is 41.9 Å². The van der Waals surface area contributed by atoms with Crippen molar-refractivity contribution in [1.82, 2.24) is 4.90 Å². The van der Waals surface area contributed by atoms with E-state index in [2.05, 4.69) is 37.0 Å². The Morgan fingerprint density at radius 2 is 2.14 bits per heavy atom. The number of methoxy groups -OCH3 is 1. The Morgan fingerprint density at radius 3 is 2.76 bits per heavy atom. The van der Waals surface area contributed by atoms with Gasteiger partial charge in [-0.15, -0.1) is 0 Å². The van der Waals surface area contributed by atoms with Gasteiger partial charge < -0.3 is 14.6 Å². The quantitative estimate of drug-likeness (QED) is 0.903. The molecule has 116 valence electrons. The molecular weight excluding hydrogens is 266 g/mol. The van der Waals surface area contributed by atoms with Crippen LogP contribution in [0.2, 0.25) is 0 Å². The van der Waals surface area contributed by atoms with Crippen LogP contribution in [0.5, 0.6) is 5.75 Å². The summed E-state index contributed by atoms with van der Waals surface area (Å²) >= 11 is 0. The zero-order valence-corrected chi connectivity index (χ0v) is 13.1. The minimum absolute atomic E-state index is 0.0602. The van der Waals surface area contributed by atoms with E-state index in [1.54, 1.807) is 7.11 Å². The summed E-state index contributed by atoms with van der Waals surface area (Å²) in [6.07, 6.45) is 2.13. The molecule has 1 heterocycles. The zero-order chi connectivity index (χ0) is 15.2. The Kier molecular flexibility index (Phi) is 5.79. The molecule has 1 aliphatic heterocycles. The number of aliphatic hydroxyl groups is 1. The Balaban J connectivity index is 1.98. The first-order valence-corrected chi connectivity index (χ1v) is 7.40.